The zero-order valence-corrected chi connectivity index (χ0v) is 13.1. The minimum Gasteiger partial charge on any atom is -0.466 e. The Hall–Kier alpha value is -2.69. The zero-order valence-electron chi connectivity index (χ0n) is 13.1. The Morgan fingerprint density at radius 2 is 1.91 bits per heavy atom. The third-order valence-electron chi connectivity index (χ3n) is 3.30. The number of hydrogen-bond acceptors (Lipinski definition) is 4. The lowest BCUT2D eigenvalue weighted by atomic mass is 10.1. The van der Waals surface area contributed by atoms with Crippen molar-refractivity contribution in [3.8, 4) is 0 Å². The van der Waals surface area contributed by atoms with Gasteiger partial charge in [-0.15, -0.1) is 0 Å². The highest BCUT2D eigenvalue weighted by atomic mass is 16.5. The maximum absolute atomic E-state index is 12.7. The molecule has 0 aliphatic carbocycles. The molecule has 23 heavy (non-hydrogen) atoms. The molecular weight excluding hydrogens is 292 g/mol. The lowest BCUT2D eigenvalue weighted by molar-refractivity contribution is -0.143. The van der Waals surface area contributed by atoms with Crippen LogP contribution < -0.4 is 0 Å². The maximum atomic E-state index is 12.7. The van der Waals surface area contributed by atoms with Crippen LogP contribution in [0.3, 0.4) is 0 Å². The van der Waals surface area contributed by atoms with E-state index in [2.05, 4.69) is 4.98 Å². The van der Waals surface area contributed by atoms with Crippen LogP contribution in [0.25, 0.3) is 0 Å². The van der Waals surface area contributed by atoms with E-state index < -0.39 is 0 Å². The van der Waals surface area contributed by atoms with Gasteiger partial charge in [-0.25, -0.2) is 0 Å². The summed E-state index contributed by atoms with van der Waals surface area (Å²) in [5, 5.41) is 0. The summed E-state index contributed by atoms with van der Waals surface area (Å²) in [7, 11) is 0. The molecule has 1 heterocycles. The number of amides is 1. The minimum atomic E-state index is -0.301. The summed E-state index contributed by atoms with van der Waals surface area (Å²) in [6.45, 7) is 2.85. The molecule has 0 N–H and O–H groups in total. The molecular formula is C18H20N2O3. The predicted octanol–water partition coefficient (Wildman–Crippen LogP) is 2.68. The second-order valence-corrected chi connectivity index (χ2v) is 5.01. The number of benzene rings is 1. The highest BCUT2D eigenvalue weighted by Gasteiger charge is 2.17. The second-order valence-electron chi connectivity index (χ2n) is 5.01. The first-order valence-corrected chi connectivity index (χ1v) is 7.59. The van der Waals surface area contributed by atoms with Crippen LogP contribution in [-0.4, -0.2) is 34.9 Å². The number of hydrogen-bond donors (Lipinski definition) is 0. The first-order valence-electron chi connectivity index (χ1n) is 7.59. The summed E-state index contributed by atoms with van der Waals surface area (Å²) in [6.07, 6.45) is 3.33. The van der Waals surface area contributed by atoms with Gasteiger partial charge >= 0.3 is 5.97 Å². The smallest absolute Gasteiger partial charge is 0.307 e. The number of carbonyl (C=O) groups excluding carboxylic acids is 2. The molecule has 0 aliphatic heterocycles. The lowest BCUT2D eigenvalue weighted by Gasteiger charge is -2.22. The van der Waals surface area contributed by atoms with E-state index in [1.165, 1.54) is 6.20 Å². The summed E-state index contributed by atoms with van der Waals surface area (Å²) in [5.41, 5.74) is 1.51. The molecule has 5 nitrogen and oxygen atoms in total. The first-order chi connectivity index (χ1) is 11.2. The molecule has 1 aromatic carbocycles. The van der Waals surface area contributed by atoms with Crippen molar-refractivity contribution in [2.24, 2.45) is 0 Å². The van der Waals surface area contributed by atoms with Crippen molar-refractivity contribution in [1.82, 2.24) is 9.88 Å². The number of pyridine rings is 1. The monoisotopic (exact) mass is 312 g/mol. The van der Waals surface area contributed by atoms with Gasteiger partial charge in [0.25, 0.3) is 5.91 Å². The minimum absolute atomic E-state index is 0.147. The molecule has 2 rings (SSSR count). The first kappa shape index (κ1) is 16.7. The van der Waals surface area contributed by atoms with Gasteiger partial charge < -0.3 is 9.64 Å². The van der Waals surface area contributed by atoms with E-state index in [0.29, 0.717) is 25.3 Å². The quantitative estimate of drug-likeness (QED) is 0.738. The summed E-state index contributed by atoms with van der Waals surface area (Å²) in [5.74, 6) is -0.448. The number of nitrogens with zero attached hydrogens (tertiary/aromatic N) is 2. The summed E-state index contributed by atoms with van der Waals surface area (Å²) >= 11 is 0. The van der Waals surface area contributed by atoms with Crippen molar-refractivity contribution in [2.45, 2.75) is 19.9 Å². The van der Waals surface area contributed by atoms with Crippen molar-refractivity contribution in [2.75, 3.05) is 13.2 Å². The average Bonchev–Trinajstić information content (AvgIpc) is 2.60. The molecule has 0 aliphatic rings. The van der Waals surface area contributed by atoms with Crippen molar-refractivity contribution >= 4 is 11.9 Å². The van der Waals surface area contributed by atoms with Crippen LogP contribution in [0.5, 0.6) is 0 Å². The zero-order chi connectivity index (χ0) is 16.5. The Morgan fingerprint density at radius 1 is 1.13 bits per heavy atom. The third kappa shape index (κ3) is 5.21. The number of esters is 1. The van der Waals surface area contributed by atoms with Crippen LogP contribution in [0.1, 0.15) is 29.3 Å². The molecule has 0 saturated carbocycles. The van der Waals surface area contributed by atoms with Crippen LogP contribution in [0.4, 0.5) is 0 Å². The normalized spacial score (nSPS) is 10.1. The molecule has 0 bridgehead atoms. The third-order valence-corrected chi connectivity index (χ3v) is 3.30. The highest BCUT2D eigenvalue weighted by molar-refractivity contribution is 5.94. The Morgan fingerprint density at radius 3 is 2.57 bits per heavy atom. The second kappa shape index (κ2) is 8.68. The van der Waals surface area contributed by atoms with Crippen LogP contribution in [0, 0.1) is 0 Å². The van der Waals surface area contributed by atoms with Crippen molar-refractivity contribution in [1.29, 1.82) is 0 Å². The van der Waals surface area contributed by atoms with Gasteiger partial charge in [0.2, 0.25) is 0 Å². The molecule has 5 heteroatoms. The van der Waals surface area contributed by atoms with Crippen molar-refractivity contribution in [3.63, 3.8) is 0 Å². The fourth-order valence-electron chi connectivity index (χ4n) is 2.19. The van der Waals surface area contributed by atoms with E-state index in [9.17, 15) is 9.59 Å². The van der Waals surface area contributed by atoms with E-state index >= 15 is 0 Å². The number of rotatable bonds is 7. The Bertz CT molecular complexity index is 629. The molecule has 0 unspecified atom stereocenters. The van der Waals surface area contributed by atoms with Gasteiger partial charge in [0.1, 0.15) is 0 Å². The SMILES string of the molecule is CCOC(=O)CCN(Cc1ccccc1)C(=O)c1cccnc1. The van der Waals surface area contributed by atoms with Gasteiger partial charge in [-0.3, -0.25) is 14.6 Å². The predicted molar refractivity (Wildman–Crippen MR) is 86.7 cm³/mol. The largest absolute Gasteiger partial charge is 0.466 e. The average molecular weight is 312 g/mol. The van der Waals surface area contributed by atoms with E-state index in [1.54, 1.807) is 30.2 Å². The molecule has 0 fully saturated rings. The maximum Gasteiger partial charge on any atom is 0.307 e. The van der Waals surface area contributed by atoms with Crippen LogP contribution in [0.2, 0.25) is 0 Å². The molecule has 0 saturated heterocycles. The Kier molecular flexibility index (Phi) is 6.29. The lowest BCUT2D eigenvalue weighted by Crippen LogP contribution is -2.33. The summed E-state index contributed by atoms with van der Waals surface area (Å²) in [4.78, 5) is 29.9. The van der Waals surface area contributed by atoms with Gasteiger partial charge in [0, 0.05) is 25.5 Å². The van der Waals surface area contributed by atoms with E-state index in [0.717, 1.165) is 5.56 Å². The van der Waals surface area contributed by atoms with E-state index in [-0.39, 0.29) is 18.3 Å². The van der Waals surface area contributed by atoms with Gasteiger partial charge in [0.15, 0.2) is 0 Å². The van der Waals surface area contributed by atoms with Crippen molar-refractivity contribution in [3.05, 3.63) is 66.0 Å². The molecule has 1 amide bonds. The highest BCUT2D eigenvalue weighted by Crippen LogP contribution is 2.10. The van der Waals surface area contributed by atoms with Crippen molar-refractivity contribution < 1.29 is 14.3 Å². The molecule has 0 radical (unpaired) electrons. The molecule has 1 aromatic heterocycles. The van der Waals surface area contributed by atoms with Crippen LogP contribution in [-0.2, 0) is 16.1 Å². The number of ether oxygens (including phenoxy) is 1. The summed E-state index contributed by atoms with van der Waals surface area (Å²) < 4.78 is 4.94. The molecule has 0 spiro atoms. The van der Waals surface area contributed by atoms with Gasteiger partial charge in [-0.1, -0.05) is 30.3 Å². The topological polar surface area (TPSA) is 59.5 Å². The Balaban J connectivity index is 2.10. The number of aromatic nitrogens is 1. The van der Waals surface area contributed by atoms with Gasteiger partial charge in [-0.05, 0) is 24.6 Å². The summed E-state index contributed by atoms with van der Waals surface area (Å²) in [6, 6.07) is 13.1. The van der Waals surface area contributed by atoms with Gasteiger partial charge in [-0.2, -0.15) is 0 Å². The molecule has 120 valence electrons. The van der Waals surface area contributed by atoms with Gasteiger partial charge in [0.05, 0.1) is 18.6 Å². The fraction of sp³-hybridized carbons (Fsp3) is 0.278. The standard InChI is InChI=1S/C18H20N2O3/c1-2-23-17(21)10-12-20(14-15-7-4-3-5-8-15)18(22)16-9-6-11-19-13-16/h3-9,11,13H,2,10,12,14H2,1H3. The molecule has 0 atom stereocenters. The Labute approximate surface area is 135 Å². The van der Waals surface area contributed by atoms with E-state index in [1.807, 2.05) is 30.3 Å². The van der Waals surface area contributed by atoms with E-state index in [4.69, 9.17) is 4.74 Å². The molecule has 2 aromatic rings. The van der Waals surface area contributed by atoms with Crippen LogP contribution >= 0.6 is 0 Å². The van der Waals surface area contributed by atoms with Crippen LogP contribution in [0.15, 0.2) is 54.9 Å². The number of carbonyl (C=O) groups is 2. The fourth-order valence-corrected chi connectivity index (χ4v) is 2.19.